The van der Waals surface area contributed by atoms with Gasteiger partial charge < -0.3 is 24.8 Å². The molecule has 0 radical (unpaired) electrons. The number of amides is 3. The van der Waals surface area contributed by atoms with Crippen LogP contribution in [0, 0.1) is 5.82 Å². The second-order valence-electron chi connectivity index (χ2n) is 7.88. The molecule has 0 aliphatic carbocycles. The molecular formula is C27H27FN4O6. The number of benzene rings is 3. The minimum Gasteiger partial charge on any atom is -0.497 e. The molecule has 3 aromatic carbocycles. The van der Waals surface area contributed by atoms with Crippen LogP contribution in [-0.2, 0) is 9.59 Å². The summed E-state index contributed by atoms with van der Waals surface area (Å²) in [5, 5.41) is 8.93. The molecule has 0 saturated carbocycles. The maximum Gasteiger partial charge on any atom is 0.262 e. The molecule has 0 bridgehead atoms. The molecule has 0 saturated heterocycles. The zero-order valence-electron chi connectivity index (χ0n) is 21.0. The van der Waals surface area contributed by atoms with Gasteiger partial charge >= 0.3 is 0 Å². The van der Waals surface area contributed by atoms with Crippen LogP contribution < -0.4 is 30.3 Å². The molecule has 1 unspecified atom stereocenters. The van der Waals surface area contributed by atoms with E-state index < -0.39 is 29.6 Å². The number of nitrogens with one attached hydrogen (secondary N) is 3. The first-order valence-electron chi connectivity index (χ1n) is 11.4. The molecule has 11 heteroatoms. The number of anilines is 1. The number of methoxy groups -OCH3 is 2. The van der Waals surface area contributed by atoms with E-state index in [9.17, 15) is 18.8 Å². The highest BCUT2D eigenvalue weighted by molar-refractivity contribution is 5.97. The van der Waals surface area contributed by atoms with Crippen molar-refractivity contribution in [2.45, 2.75) is 13.0 Å². The standard InChI is InChI=1S/C27H27FN4O6/c1-17(30-27(35)19-9-11-20(36-2)12-10-19)26(34)32-29-15-18-8-13-23(24(14-18)37-3)38-16-25(33)31-22-7-5-4-6-21(22)28/h4-15,17H,16H2,1-3H3,(H,30,35)(H,31,33)(H,32,34). The Kier molecular flexibility index (Phi) is 9.75. The number of carbonyl (C=O) groups excluding carboxylic acids is 3. The highest BCUT2D eigenvalue weighted by Gasteiger charge is 2.16. The predicted molar refractivity (Wildman–Crippen MR) is 139 cm³/mol. The third-order valence-electron chi connectivity index (χ3n) is 5.18. The molecule has 0 aliphatic heterocycles. The topological polar surface area (TPSA) is 127 Å². The number of para-hydroxylation sites is 1. The van der Waals surface area contributed by atoms with Crippen molar-refractivity contribution in [2.75, 3.05) is 26.1 Å². The Labute approximate surface area is 218 Å². The third-order valence-corrected chi connectivity index (χ3v) is 5.18. The van der Waals surface area contributed by atoms with Crippen molar-refractivity contribution >= 4 is 29.6 Å². The van der Waals surface area contributed by atoms with E-state index in [2.05, 4.69) is 21.2 Å². The van der Waals surface area contributed by atoms with Crippen molar-refractivity contribution in [2.24, 2.45) is 5.10 Å². The zero-order chi connectivity index (χ0) is 27.5. The Morgan fingerprint density at radius 3 is 2.39 bits per heavy atom. The first-order chi connectivity index (χ1) is 18.3. The van der Waals surface area contributed by atoms with Gasteiger partial charge in [-0.05, 0) is 67.1 Å². The second-order valence-corrected chi connectivity index (χ2v) is 7.88. The van der Waals surface area contributed by atoms with E-state index in [1.54, 1.807) is 48.5 Å². The summed E-state index contributed by atoms with van der Waals surface area (Å²) < 4.78 is 29.5. The normalized spacial score (nSPS) is 11.4. The molecule has 0 aliphatic rings. The van der Waals surface area contributed by atoms with E-state index >= 15 is 0 Å². The van der Waals surface area contributed by atoms with Gasteiger partial charge in [-0.2, -0.15) is 5.10 Å². The third kappa shape index (κ3) is 7.79. The van der Waals surface area contributed by atoms with Crippen LogP contribution in [0.15, 0.2) is 71.8 Å². The summed E-state index contributed by atoms with van der Waals surface area (Å²) in [5.41, 5.74) is 3.37. The van der Waals surface area contributed by atoms with Crippen molar-refractivity contribution in [3.63, 3.8) is 0 Å². The highest BCUT2D eigenvalue weighted by Crippen LogP contribution is 2.27. The average molecular weight is 523 g/mol. The molecule has 38 heavy (non-hydrogen) atoms. The summed E-state index contributed by atoms with van der Waals surface area (Å²) in [7, 11) is 2.95. The smallest absolute Gasteiger partial charge is 0.262 e. The molecule has 3 aromatic rings. The molecule has 3 rings (SSSR count). The number of ether oxygens (including phenoxy) is 3. The fourth-order valence-electron chi connectivity index (χ4n) is 3.13. The number of hydrogen-bond donors (Lipinski definition) is 3. The number of carbonyl (C=O) groups is 3. The van der Waals surface area contributed by atoms with E-state index in [0.29, 0.717) is 22.6 Å². The van der Waals surface area contributed by atoms with Gasteiger partial charge in [-0.25, -0.2) is 9.82 Å². The highest BCUT2D eigenvalue weighted by atomic mass is 19.1. The number of nitrogens with zero attached hydrogens (tertiary/aromatic N) is 1. The fourth-order valence-corrected chi connectivity index (χ4v) is 3.13. The molecule has 3 N–H and O–H groups in total. The van der Waals surface area contributed by atoms with Gasteiger partial charge in [0.05, 0.1) is 26.1 Å². The number of hydrazone groups is 1. The minimum atomic E-state index is -0.845. The first-order valence-corrected chi connectivity index (χ1v) is 11.4. The van der Waals surface area contributed by atoms with Crippen LogP contribution in [0.2, 0.25) is 0 Å². The number of halogens is 1. The Hall–Kier alpha value is -4.93. The Morgan fingerprint density at radius 2 is 1.71 bits per heavy atom. The summed E-state index contributed by atoms with van der Waals surface area (Å²) >= 11 is 0. The fraction of sp³-hybridized carbons (Fsp3) is 0.185. The molecule has 0 spiro atoms. The van der Waals surface area contributed by atoms with Crippen molar-refractivity contribution in [3.8, 4) is 17.2 Å². The van der Waals surface area contributed by atoms with Gasteiger partial charge in [0, 0.05) is 5.56 Å². The molecule has 10 nitrogen and oxygen atoms in total. The van der Waals surface area contributed by atoms with Crippen molar-refractivity contribution in [1.29, 1.82) is 0 Å². The van der Waals surface area contributed by atoms with Gasteiger partial charge in [0.2, 0.25) is 0 Å². The molecule has 3 amide bonds. The van der Waals surface area contributed by atoms with Crippen LogP contribution in [0.5, 0.6) is 17.2 Å². The summed E-state index contributed by atoms with van der Waals surface area (Å²) in [6.07, 6.45) is 1.38. The van der Waals surface area contributed by atoms with Gasteiger partial charge in [0.1, 0.15) is 17.6 Å². The summed E-state index contributed by atoms with van der Waals surface area (Å²) in [6.45, 7) is 1.16. The van der Waals surface area contributed by atoms with Gasteiger partial charge in [-0.3, -0.25) is 14.4 Å². The molecule has 1 atom stereocenters. The SMILES string of the molecule is COc1ccc(C(=O)NC(C)C(=O)NN=Cc2ccc(OCC(=O)Nc3ccccc3F)c(OC)c2)cc1. The quantitative estimate of drug-likeness (QED) is 0.262. The molecule has 198 valence electrons. The van der Waals surface area contributed by atoms with Crippen LogP contribution in [0.1, 0.15) is 22.8 Å². The predicted octanol–water partition coefficient (Wildman–Crippen LogP) is 3.13. The van der Waals surface area contributed by atoms with Crippen LogP contribution in [0.3, 0.4) is 0 Å². The zero-order valence-corrected chi connectivity index (χ0v) is 21.0. The lowest BCUT2D eigenvalue weighted by atomic mass is 10.2. The lowest BCUT2D eigenvalue weighted by molar-refractivity contribution is -0.122. The monoisotopic (exact) mass is 522 g/mol. The maximum absolute atomic E-state index is 13.7. The van der Waals surface area contributed by atoms with Gasteiger partial charge in [0.15, 0.2) is 18.1 Å². The maximum atomic E-state index is 13.7. The van der Waals surface area contributed by atoms with Crippen LogP contribution in [0.4, 0.5) is 10.1 Å². The molecule has 0 aromatic heterocycles. The van der Waals surface area contributed by atoms with E-state index in [-0.39, 0.29) is 18.0 Å². The lowest BCUT2D eigenvalue weighted by Crippen LogP contribution is -2.43. The van der Waals surface area contributed by atoms with Gasteiger partial charge in [-0.1, -0.05) is 12.1 Å². The van der Waals surface area contributed by atoms with Crippen LogP contribution >= 0.6 is 0 Å². The summed E-state index contributed by atoms with van der Waals surface area (Å²) in [4.78, 5) is 36.7. The molecule has 0 heterocycles. The van der Waals surface area contributed by atoms with E-state index in [1.807, 2.05) is 0 Å². The van der Waals surface area contributed by atoms with Crippen molar-refractivity contribution < 1.29 is 33.0 Å². The first kappa shape index (κ1) is 27.7. The minimum absolute atomic E-state index is 0.0521. The Balaban J connectivity index is 1.51. The van der Waals surface area contributed by atoms with Crippen LogP contribution in [-0.4, -0.2) is 50.8 Å². The Bertz CT molecular complexity index is 1310. The van der Waals surface area contributed by atoms with Crippen molar-refractivity contribution in [3.05, 3.63) is 83.7 Å². The average Bonchev–Trinajstić information content (AvgIpc) is 2.93. The van der Waals surface area contributed by atoms with E-state index in [4.69, 9.17) is 14.2 Å². The number of hydrogen-bond acceptors (Lipinski definition) is 7. The van der Waals surface area contributed by atoms with Gasteiger partial charge in [0.25, 0.3) is 17.7 Å². The van der Waals surface area contributed by atoms with E-state index in [1.165, 1.54) is 45.6 Å². The lowest BCUT2D eigenvalue weighted by Gasteiger charge is -2.13. The Morgan fingerprint density at radius 1 is 0.974 bits per heavy atom. The van der Waals surface area contributed by atoms with Crippen LogP contribution in [0.25, 0.3) is 0 Å². The summed E-state index contributed by atoms with van der Waals surface area (Å²) in [5.74, 6) is -0.811. The molecular weight excluding hydrogens is 495 g/mol. The molecule has 0 fully saturated rings. The summed E-state index contributed by atoms with van der Waals surface area (Å²) in [6, 6.07) is 16.2. The van der Waals surface area contributed by atoms with E-state index in [0.717, 1.165) is 0 Å². The second kappa shape index (κ2) is 13.4. The van der Waals surface area contributed by atoms with Gasteiger partial charge in [-0.15, -0.1) is 0 Å². The number of rotatable bonds is 11. The van der Waals surface area contributed by atoms with Crippen molar-refractivity contribution in [1.82, 2.24) is 10.7 Å². The largest absolute Gasteiger partial charge is 0.497 e.